The van der Waals surface area contributed by atoms with Gasteiger partial charge in [-0.2, -0.15) is 0 Å². The van der Waals surface area contributed by atoms with Crippen molar-refractivity contribution in [1.29, 1.82) is 0 Å². The van der Waals surface area contributed by atoms with Gasteiger partial charge in [0.25, 0.3) is 0 Å². The molecule has 4 rings (SSSR count). The number of phenols is 1. The highest BCUT2D eigenvalue weighted by Gasteiger charge is 2.17. The van der Waals surface area contributed by atoms with Crippen LogP contribution in [0.25, 0.3) is 21.8 Å². The van der Waals surface area contributed by atoms with Crippen LogP contribution in [0, 0.1) is 0 Å². The van der Waals surface area contributed by atoms with Gasteiger partial charge >= 0.3 is 0 Å². The normalized spacial score (nSPS) is 12.4. The summed E-state index contributed by atoms with van der Waals surface area (Å²) in [5.74, 6) is -0.252. The molecule has 130 valence electrons. The smallest absolute Gasteiger partial charge is 0.231 e. The molecule has 0 fully saturated rings. The lowest BCUT2D eigenvalue weighted by Gasteiger charge is -2.13. The Kier molecular flexibility index (Phi) is 4.05. The highest BCUT2D eigenvalue weighted by Crippen LogP contribution is 2.30. The molecule has 0 radical (unpaired) electrons. The summed E-state index contributed by atoms with van der Waals surface area (Å²) < 4.78 is 0. The number of nitrogens with one attached hydrogen (secondary N) is 2. The molecule has 0 bridgehead atoms. The van der Waals surface area contributed by atoms with Gasteiger partial charge in [0.05, 0.1) is 5.92 Å². The number of phenolic OH excluding ortho intramolecular Hbond substituents is 1. The Hall–Kier alpha value is -2.98. The van der Waals surface area contributed by atoms with Crippen LogP contribution in [0.4, 0.5) is 5.69 Å². The van der Waals surface area contributed by atoms with Gasteiger partial charge in [0.15, 0.2) is 0 Å². The lowest BCUT2D eigenvalue weighted by Crippen LogP contribution is -2.18. The van der Waals surface area contributed by atoms with E-state index in [1.807, 2.05) is 43.3 Å². The van der Waals surface area contributed by atoms with E-state index in [-0.39, 0.29) is 17.6 Å². The molecule has 0 aliphatic heterocycles. The van der Waals surface area contributed by atoms with Crippen molar-refractivity contribution in [1.82, 2.24) is 4.98 Å². The molecule has 0 aliphatic rings. The zero-order chi connectivity index (χ0) is 18.3. The molecule has 5 heteroatoms. The minimum absolute atomic E-state index is 0.103. The highest BCUT2D eigenvalue weighted by atomic mass is 35.5. The van der Waals surface area contributed by atoms with Crippen molar-refractivity contribution >= 4 is 45.0 Å². The number of anilines is 1. The van der Waals surface area contributed by atoms with Gasteiger partial charge in [-0.1, -0.05) is 23.7 Å². The largest absolute Gasteiger partial charge is 0.508 e. The molecule has 0 saturated carbocycles. The summed E-state index contributed by atoms with van der Waals surface area (Å²) in [7, 11) is 0. The molecular formula is C21H17ClN2O2. The van der Waals surface area contributed by atoms with Crippen molar-refractivity contribution in [2.75, 3.05) is 5.32 Å². The van der Waals surface area contributed by atoms with Gasteiger partial charge in [-0.3, -0.25) is 4.79 Å². The van der Waals surface area contributed by atoms with Crippen molar-refractivity contribution in [2.45, 2.75) is 12.8 Å². The third-order valence-electron chi connectivity index (χ3n) is 4.61. The van der Waals surface area contributed by atoms with Gasteiger partial charge in [-0.05, 0) is 61.0 Å². The Labute approximate surface area is 155 Å². The maximum Gasteiger partial charge on any atom is 0.231 e. The number of benzene rings is 3. The molecule has 1 heterocycles. The number of hydrogen-bond donors (Lipinski definition) is 3. The van der Waals surface area contributed by atoms with E-state index in [2.05, 4.69) is 10.3 Å². The second kappa shape index (κ2) is 6.39. The first-order valence-corrected chi connectivity index (χ1v) is 8.70. The van der Waals surface area contributed by atoms with Crippen molar-refractivity contribution in [3.8, 4) is 5.75 Å². The monoisotopic (exact) mass is 364 g/mol. The van der Waals surface area contributed by atoms with Gasteiger partial charge in [-0.15, -0.1) is 0 Å². The molecule has 1 amide bonds. The van der Waals surface area contributed by atoms with Gasteiger partial charge < -0.3 is 15.4 Å². The number of carbonyl (C=O) groups excluding carboxylic acids is 1. The summed E-state index contributed by atoms with van der Waals surface area (Å²) in [6, 6.07) is 18.2. The quantitative estimate of drug-likeness (QED) is 0.425. The fourth-order valence-corrected chi connectivity index (χ4v) is 3.28. The van der Waals surface area contributed by atoms with Gasteiger partial charge in [0.1, 0.15) is 5.75 Å². The van der Waals surface area contributed by atoms with E-state index in [4.69, 9.17) is 11.6 Å². The van der Waals surface area contributed by atoms with Crippen LogP contribution in [0.1, 0.15) is 18.4 Å². The fourth-order valence-electron chi connectivity index (χ4n) is 3.11. The number of aromatic amines is 1. The van der Waals surface area contributed by atoms with Crippen LogP contribution < -0.4 is 5.32 Å². The Morgan fingerprint density at radius 1 is 1.00 bits per heavy atom. The number of rotatable bonds is 3. The topological polar surface area (TPSA) is 65.1 Å². The van der Waals surface area contributed by atoms with Crippen LogP contribution in [-0.4, -0.2) is 16.0 Å². The molecule has 1 unspecified atom stereocenters. The van der Waals surface area contributed by atoms with E-state index < -0.39 is 0 Å². The van der Waals surface area contributed by atoms with E-state index in [9.17, 15) is 9.90 Å². The maximum atomic E-state index is 12.5. The van der Waals surface area contributed by atoms with Crippen LogP contribution in [0.5, 0.6) is 5.75 Å². The number of H-pyrrole nitrogens is 1. The molecule has 4 aromatic rings. The number of aromatic hydroxyl groups is 1. The number of hydrogen-bond acceptors (Lipinski definition) is 2. The molecule has 26 heavy (non-hydrogen) atoms. The summed E-state index contributed by atoms with van der Waals surface area (Å²) in [5.41, 5.74) is 3.57. The first kappa shape index (κ1) is 16.5. The molecule has 1 atom stereocenters. The number of amides is 1. The minimum atomic E-state index is -0.316. The summed E-state index contributed by atoms with van der Waals surface area (Å²) in [5, 5.41) is 15.1. The highest BCUT2D eigenvalue weighted by molar-refractivity contribution is 6.31. The van der Waals surface area contributed by atoms with Gasteiger partial charge in [0.2, 0.25) is 5.91 Å². The number of fused-ring (bicyclic) bond motifs is 3. The maximum absolute atomic E-state index is 12.5. The SMILES string of the molecule is CC(C(=O)Nc1ccc(O)cc1)c1ccc2c(c1)[nH]c1ccc(Cl)cc12. The summed E-state index contributed by atoms with van der Waals surface area (Å²) >= 11 is 6.10. The first-order valence-electron chi connectivity index (χ1n) is 8.32. The van der Waals surface area contributed by atoms with Crippen molar-refractivity contribution in [3.63, 3.8) is 0 Å². The summed E-state index contributed by atoms with van der Waals surface area (Å²) in [6.07, 6.45) is 0. The van der Waals surface area contributed by atoms with Crippen LogP contribution in [0.3, 0.4) is 0 Å². The number of halogens is 1. The molecular weight excluding hydrogens is 348 g/mol. The molecule has 0 aliphatic carbocycles. The predicted molar refractivity (Wildman–Crippen MR) is 106 cm³/mol. The first-order chi connectivity index (χ1) is 12.5. The third kappa shape index (κ3) is 3.00. The summed E-state index contributed by atoms with van der Waals surface area (Å²) in [4.78, 5) is 15.9. The Morgan fingerprint density at radius 3 is 2.54 bits per heavy atom. The number of carbonyl (C=O) groups is 1. The van der Waals surface area contributed by atoms with Crippen molar-refractivity contribution < 1.29 is 9.90 Å². The second-order valence-corrected chi connectivity index (χ2v) is 6.81. The third-order valence-corrected chi connectivity index (χ3v) is 4.85. The molecule has 3 aromatic carbocycles. The van der Waals surface area contributed by atoms with Gasteiger partial charge in [0, 0.05) is 32.5 Å². The van der Waals surface area contributed by atoms with E-state index in [1.165, 1.54) is 0 Å². The molecule has 3 N–H and O–H groups in total. The van der Waals surface area contributed by atoms with Crippen molar-refractivity contribution in [3.05, 3.63) is 71.2 Å². The van der Waals surface area contributed by atoms with E-state index in [0.717, 1.165) is 27.4 Å². The molecule has 0 saturated heterocycles. The zero-order valence-electron chi connectivity index (χ0n) is 14.1. The molecule has 0 spiro atoms. The minimum Gasteiger partial charge on any atom is -0.508 e. The standard InChI is InChI=1S/C21H17ClN2O2/c1-12(21(26)23-15-4-6-16(25)7-5-15)13-2-8-17-18-11-14(22)3-9-19(18)24-20(17)10-13/h2-12,24-25H,1H3,(H,23,26). The molecule has 1 aromatic heterocycles. The Bertz CT molecular complexity index is 1120. The number of aromatic nitrogens is 1. The van der Waals surface area contributed by atoms with E-state index in [1.54, 1.807) is 24.3 Å². The van der Waals surface area contributed by atoms with Crippen LogP contribution in [-0.2, 0) is 4.79 Å². The zero-order valence-corrected chi connectivity index (χ0v) is 14.8. The van der Waals surface area contributed by atoms with Crippen LogP contribution in [0.15, 0.2) is 60.7 Å². The van der Waals surface area contributed by atoms with Gasteiger partial charge in [-0.25, -0.2) is 0 Å². The summed E-state index contributed by atoms with van der Waals surface area (Å²) in [6.45, 7) is 1.87. The van der Waals surface area contributed by atoms with E-state index >= 15 is 0 Å². The average molecular weight is 365 g/mol. The lowest BCUT2D eigenvalue weighted by molar-refractivity contribution is -0.117. The fraction of sp³-hybridized carbons (Fsp3) is 0.0952. The Balaban J connectivity index is 1.63. The average Bonchev–Trinajstić information content (AvgIpc) is 3.00. The molecule has 4 nitrogen and oxygen atoms in total. The predicted octanol–water partition coefficient (Wildman–Crippen LogP) is 5.42. The Morgan fingerprint density at radius 2 is 1.77 bits per heavy atom. The van der Waals surface area contributed by atoms with Crippen molar-refractivity contribution in [2.24, 2.45) is 0 Å². The van der Waals surface area contributed by atoms with Crippen LogP contribution in [0.2, 0.25) is 5.02 Å². The second-order valence-electron chi connectivity index (χ2n) is 6.38. The lowest BCUT2D eigenvalue weighted by atomic mass is 9.98. The van der Waals surface area contributed by atoms with Crippen LogP contribution >= 0.6 is 11.6 Å². The van der Waals surface area contributed by atoms with E-state index in [0.29, 0.717) is 10.7 Å².